The summed E-state index contributed by atoms with van der Waals surface area (Å²) in [7, 11) is 4.04. The van der Waals surface area contributed by atoms with Gasteiger partial charge in [0.1, 0.15) is 12.6 Å². The summed E-state index contributed by atoms with van der Waals surface area (Å²) < 4.78 is 12.8. The summed E-state index contributed by atoms with van der Waals surface area (Å²) in [5.74, 6) is 1.82. The molecule has 0 saturated heterocycles. The number of hydrogen-bond acceptors (Lipinski definition) is 5. The standard InChI is InChI=1S/C17H28N6O2.HI/c1-6-18-17(23(5)12-14-9-8-10-22(14)4)19-11-15-20-16(21-25-15)13(3)24-7-2;/h8-10,13H,6-7,11-12H2,1-5H3,(H,18,19);1H. The molecule has 2 aromatic rings. The normalized spacial score (nSPS) is 12.6. The second kappa shape index (κ2) is 11.2. The lowest BCUT2D eigenvalue weighted by atomic mass is 10.4. The first kappa shape index (κ1) is 22.4. The average Bonchev–Trinajstić information content (AvgIpc) is 3.21. The molecule has 8 nitrogen and oxygen atoms in total. The molecular weight excluding hydrogens is 447 g/mol. The number of aromatic nitrogens is 3. The molecule has 1 atom stereocenters. The highest BCUT2D eigenvalue weighted by Crippen LogP contribution is 2.13. The molecule has 26 heavy (non-hydrogen) atoms. The number of aliphatic imine (C=N–C) groups is 1. The van der Waals surface area contributed by atoms with Gasteiger partial charge in [-0.25, -0.2) is 4.99 Å². The van der Waals surface area contributed by atoms with Crippen LogP contribution < -0.4 is 5.32 Å². The fourth-order valence-corrected chi connectivity index (χ4v) is 2.41. The molecule has 9 heteroatoms. The molecule has 1 N–H and O–H groups in total. The van der Waals surface area contributed by atoms with Crippen molar-refractivity contribution in [1.82, 2.24) is 24.9 Å². The number of nitrogens with one attached hydrogen (secondary N) is 1. The summed E-state index contributed by atoms with van der Waals surface area (Å²) in [6, 6.07) is 4.13. The average molecular weight is 476 g/mol. The molecule has 0 aliphatic heterocycles. The van der Waals surface area contributed by atoms with Crippen molar-refractivity contribution in [2.45, 2.75) is 40.0 Å². The predicted molar refractivity (Wildman–Crippen MR) is 111 cm³/mol. The Balaban J connectivity index is 0.00000338. The first-order valence-electron chi connectivity index (χ1n) is 8.58. The summed E-state index contributed by atoms with van der Waals surface area (Å²) in [5, 5.41) is 7.24. The van der Waals surface area contributed by atoms with E-state index in [-0.39, 0.29) is 30.1 Å². The highest BCUT2D eigenvalue weighted by Gasteiger charge is 2.14. The highest BCUT2D eigenvalue weighted by molar-refractivity contribution is 14.0. The minimum Gasteiger partial charge on any atom is -0.371 e. The third kappa shape index (κ3) is 6.27. The summed E-state index contributed by atoms with van der Waals surface area (Å²) >= 11 is 0. The van der Waals surface area contributed by atoms with Gasteiger partial charge in [0, 0.05) is 39.1 Å². The Bertz CT molecular complexity index is 684. The molecule has 0 spiro atoms. The molecule has 0 aliphatic carbocycles. The Morgan fingerprint density at radius 1 is 1.46 bits per heavy atom. The lowest BCUT2D eigenvalue weighted by Gasteiger charge is -2.22. The number of rotatable bonds is 8. The van der Waals surface area contributed by atoms with Crippen LogP contribution in [-0.2, 0) is 24.9 Å². The number of guanidine groups is 1. The minimum atomic E-state index is -0.181. The summed E-state index contributed by atoms with van der Waals surface area (Å²) in [5.41, 5.74) is 1.21. The molecule has 0 saturated carbocycles. The first-order valence-corrected chi connectivity index (χ1v) is 8.58. The van der Waals surface area contributed by atoms with Crippen LogP contribution in [0.3, 0.4) is 0 Å². The molecule has 0 aliphatic rings. The number of nitrogens with zero attached hydrogens (tertiary/aromatic N) is 5. The van der Waals surface area contributed by atoms with Gasteiger partial charge in [0.25, 0.3) is 0 Å². The zero-order chi connectivity index (χ0) is 18.2. The molecule has 2 heterocycles. The quantitative estimate of drug-likeness (QED) is 0.359. The maximum absolute atomic E-state index is 5.47. The van der Waals surface area contributed by atoms with E-state index >= 15 is 0 Å². The molecule has 0 radical (unpaired) electrons. The summed E-state index contributed by atoms with van der Waals surface area (Å²) in [6.45, 7) is 8.36. The van der Waals surface area contributed by atoms with Crippen molar-refractivity contribution in [3.63, 3.8) is 0 Å². The molecule has 146 valence electrons. The maximum atomic E-state index is 5.47. The minimum absolute atomic E-state index is 0. The van der Waals surface area contributed by atoms with Gasteiger partial charge in [-0.2, -0.15) is 4.98 Å². The van der Waals surface area contributed by atoms with Crippen molar-refractivity contribution >= 4 is 29.9 Å². The first-order chi connectivity index (χ1) is 12.0. The zero-order valence-electron chi connectivity index (χ0n) is 16.1. The number of hydrogen-bond donors (Lipinski definition) is 1. The van der Waals surface area contributed by atoms with Crippen molar-refractivity contribution in [2.75, 3.05) is 20.2 Å². The Hall–Kier alpha value is -1.62. The van der Waals surface area contributed by atoms with Crippen LogP contribution in [0.2, 0.25) is 0 Å². The second-order valence-corrected chi connectivity index (χ2v) is 5.78. The van der Waals surface area contributed by atoms with E-state index in [1.54, 1.807) is 0 Å². The van der Waals surface area contributed by atoms with Crippen LogP contribution in [0.4, 0.5) is 0 Å². The number of ether oxygens (including phenoxy) is 1. The summed E-state index contributed by atoms with van der Waals surface area (Å²) in [6.07, 6.45) is 1.85. The van der Waals surface area contributed by atoms with Crippen molar-refractivity contribution in [2.24, 2.45) is 12.0 Å². The Morgan fingerprint density at radius 3 is 2.85 bits per heavy atom. The van der Waals surface area contributed by atoms with Crippen molar-refractivity contribution < 1.29 is 9.26 Å². The van der Waals surface area contributed by atoms with E-state index < -0.39 is 0 Å². The Kier molecular flexibility index (Phi) is 9.63. The van der Waals surface area contributed by atoms with Gasteiger partial charge in [-0.05, 0) is 32.9 Å². The van der Waals surface area contributed by atoms with E-state index in [2.05, 4.69) is 36.0 Å². The SMILES string of the molecule is CCNC(=NCc1nc(C(C)OCC)no1)N(C)Cc1cccn1C.I. The topological polar surface area (TPSA) is 80.7 Å². The molecule has 0 amide bonds. The van der Waals surface area contributed by atoms with E-state index in [1.807, 2.05) is 47.1 Å². The van der Waals surface area contributed by atoms with Crippen LogP contribution in [0.5, 0.6) is 0 Å². The van der Waals surface area contributed by atoms with Gasteiger partial charge in [-0.1, -0.05) is 5.16 Å². The molecule has 2 rings (SSSR count). The van der Waals surface area contributed by atoms with Crippen LogP contribution in [0, 0.1) is 0 Å². The van der Waals surface area contributed by atoms with Crippen molar-refractivity contribution in [3.05, 3.63) is 35.7 Å². The van der Waals surface area contributed by atoms with Crippen molar-refractivity contribution in [3.8, 4) is 0 Å². The fraction of sp³-hybridized carbons (Fsp3) is 0.588. The summed E-state index contributed by atoms with van der Waals surface area (Å²) in [4.78, 5) is 11.0. The van der Waals surface area contributed by atoms with E-state index in [9.17, 15) is 0 Å². The van der Waals surface area contributed by atoms with E-state index in [4.69, 9.17) is 9.26 Å². The largest absolute Gasteiger partial charge is 0.371 e. The van der Waals surface area contributed by atoms with Gasteiger partial charge in [0.05, 0.1) is 6.54 Å². The van der Waals surface area contributed by atoms with Crippen LogP contribution >= 0.6 is 24.0 Å². The van der Waals surface area contributed by atoms with Gasteiger partial charge < -0.3 is 24.0 Å². The van der Waals surface area contributed by atoms with Crippen LogP contribution in [-0.4, -0.2) is 45.8 Å². The fourth-order valence-electron chi connectivity index (χ4n) is 2.41. The maximum Gasteiger partial charge on any atom is 0.248 e. The van der Waals surface area contributed by atoms with Crippen LogP contribution in [0.25, 0.3) is 0 Å². The monoisotopic (exact) mass is 476 g/mol. The van der Waals surface area contributed by atoms with Crippen molar-refractivity contribution in [1.29, 1.82) is 0 Å². The van der Waals surface area contributed by atoms with Gasteiger partial charge >= 0.3 is 0 Å². The van der Waals surface area contributed by atoms with Crippen LogP contribution in [0.1, 0.15) is 44.3 Å². The molecule has 1 unspecified atom stereocenters. The lowest BCUT2D eigenvalue weighted by molar-refractivity contribution is 0.0683. The number of halogens is 1. The van der Waals surface area contributed by atoms with Gasteiger partial charge in [0.15, 0.2) is 11.8 Å². The van der Waals surface area contributed by atoms with Crippen LogP contribution in [0.15, 0.2) is 27.8 Å². The molecule has 0 fully saturated rings. The second-order valence-electron chi connectivity index (χ2n) is 5.78. The number of aryl methyl sites for hydroxylation is 1. The molecular formula is C17H29IN6O2. The van der Waals surface area contributed by atoms with Gasteiger partial charge in [0.2, 0.25) is 5.89 Å². The van der Waals surface area contributed by atoms with E-state index in [1.165, 1.54) is 5.69 Å². The molecule has 0 bridgehead atoms. The lowest BCUT2D eigenvalue weighted by Crippen LogP contribution is -2.38. The third-order valence-electron chi connectivity index (χ3n) is 3.78. The smallest absolute Gasteiger partial charge is 0.248 e. The van der Waals surface area contributed by atoms with E-state index in [0.29, 0.717) is 24.9 Å². The third-order valence-corrected chi connectivity index (χ3v) is 3.78. The molecule has 2 aromatic heterocycles. The van der Waals surface area contributed by atoms with Gasteiger partial charge in [-0.15, -0.1) is 24.0 Å². The highest BCUT2D eigenvalue weighted by atomic mass is 127. The van der Waals surface area contributed by atoms with E-state index in [0.717, 1.165) is 19.0 Å². The zero-order valence-corrected chi connectivity index (χ0v) is 18.4. The predicted octanol–water partition coefficient (Wildman–Crippen LogP) is 2.72. The Labute approximate surface area is 172 Å². The Morgan fingerprint density at radius 2 is 2.23 bits per heavy atom. The molecule has 0 aromatic carbocycles. The van der Waals surface area contributed by atoms with Gasteiger partial charge in [-0.3, -0.25) is 0 Å².